The topological polar surface area (TPSA) is 47.6 Å². The fourth-order valence-electron chi connectivity index (χ4n) is 3.05. The summed E-state index contributed by atoms with van der Waals surface area (Å²) in [5, 5.41) is 3.49. The zero-order valence-electron chi connectivity index (χ0n) is 13.9. The lowest BCUT2D eigenvalue weighted by atomic mass is 9.88. The Morgan fingerprint density at radius 2 is 2.13 bits per heavy atom. The van der Waals surface area contributed by atoms with Gasteiger partial charge in [-0.05, 0) is 37.0 Å². The molecule has 2 rings (SSSR count). The summed E-state index contributed by atoms with van der Waals surface area (Å²) in [4.78, 5) is 12.0. The van der Waals surface area contributed by atoms with Crippen molar-refractivity contribution in [2.45, 2.75) is 45.1 Å². The standard InChI is InChI=1S/C18H26ClNO3/c1-13-5-3-4-6-16(13)23-10-9-20-18(21)12-14-11-15(19)7-8-17(14)22-2/h7-8,11,13,16H,3-6,9-10,12H2,1-2H3,(H,20,21). The molecule has 5 heteroatoms. The van der Waals surface area contributed by atoms with E-state index in [0.717, 1.165) is 12.0 Å². The number of carbonyl (C=O) groups excluding carboxylic acids is 1. The molecule has 0 bridgehead atoms. The van der Waals surface area contributed by atoms with E-state index >= 15 is 0 Å². The highest BCUT2D eigenvalue weighted by atomic mass is 35.5. The summed E-state index contributed by atoms with van der Waals surface area (Å²) in [7, 11) is 1.59. The third-order valence-corrected chi connectivity index (χ3v) is 4.62. The largest absolute Gasteiger partial charge is 0.496 e. The van der Waals surface area contributed by atoms with Crippen LogP contribution in [0.2, 0.25) is 5.02 Å². The molecule has 1 N–H and O–H groups in total. The number of rotatable bonds is 7. The summed E-state index contributed by atoms with van der Waals surface area (Å²) in [6, 6.07) is 5.29. The molecule has 1 aliphatic carbocycles. The Morgan fingerprint density at radius 3 is 2.87 bits per heavy atom. The molecule has 1 aliphatic rings. The number of ether oxygens (including phenoxy) is 2. The maximum Gasteiger partial charge on any atom is 0.224 e. The number of methoxy groups -OCH3 is 1. The number of halogens is 1. The molecule has 0 radical (unpaired) electrons. The molecule has 4 nitrogen and oxygen atoms in total. The van der Waals surface area contributed by atoms with Gasteiger partial charge in [-0.25, -0.2) is 0 Å². The fraction of sp³-hybridized carbons (Fsp3) is 0.611. The second-order valence-corrected chi connectivity index (χ2v) is 6.59. The van der Waals surface area contributed by atoms with Crippen LogP contribution in [-0.4, -0.2) is 32.3 Å². The third kappa shape index (κ3) is 5.70. The Balaban J connectivity index is 1.72. The average Bonchev–Trinajstić information content (AvgIpc) is 2.53. The molecule has 0 saturated heterocycles. The van der Waals surface area contributed by atoms with Crippen LogP contribution in [0.4, 0.5) is 0 Å². The predicted molar refractivity (Wildman–Crippen MR) is 92.1 cm³/mol. The van der Waals surface area contributed by atoms with E-state index in [4.69, 9.17) is 21.1 Å². The van der Waals surface area contributed by atoms with Gasteiger partial charge in [0.15, 0.2) is 0 Å². The molecule has 23 heavy (non-hydrogen) atoms. The first-order valence-corrected chi connectivity index (χ1v) is 8.68. The van der Waals surface area contributed by atoms with Crippen molar-refractivity contribution in [1.29, 1.82) is 0 Å². The molecule has 1 aromatic carbocycles. The molecule has 0 aliphatic heterocycles. The lowest BCUT2D eigenvalue weighted by Crippen LogP contribution is -2.32. The molecule has 2 atom stereocenters. The summed E-state index contributed by atoms with van der Waals surface area (Å²) in [6.45, 7) is 3.34. The number of nitrogens with one attached hydrogen (secondary N) is 1. The summed E-state index contributed by atoms with van der Waals surface area (Å²) in [6.07, 6.45) is 5.52. The predicted octanol–water partition coefficient (Wildman–Crippen LogP) is 3.60. The Bertz CT molecular complexity index is 521. The van der Waals surface area contributed by atoms with Crippen LogP contribution >= 0.6 is 11.6 Å². The Kier molecular flexibility index (Phi) is 7.18. The second-order valence-electron chi connectivity index (χ2n) is 6.15. The van der Waals surface area contributed by atoms with Crippen molar-refractivity contribution in [3.63, 3.8) is 0 Å². The van der Waals surface area contributed by atoms with E-state index in [1.165, 1.54) is 19.3 Å². The summed E-state index contributed by atoms with van der Waals surface area (Å²) >= 11 is 5.98. The molecule has 2 unspecified atom stereocenters. The Morgan fingerprint density at radius 1 is 1.35 bits per heavy atom. The summed E-state index contributed by atoms with van der Waals surface area (Å²) in [5.74, 6) is 1.25. The van der Waals surface area contributed by atoms with Crippen LogP contribution in [0.3, 0.4) is 0 Å². The van der Waals surface area contributed by atoms with Crippen LogP contribution in [0.5, 0.6) is 5.75 Å². The van der Waals surface area contributed by atoms with Crippen molar-refractivity contribution < 1.29 is 14.3 Å². The Hall–Kier alpha value is -1.26. The molecule has 128 valence electrons. The number of hydrogen-bond acceptors (Lipinski definition) is 3. The highest BCUT2D eigenvalue weighted by Crippen LogP contribution is 2.26. The van der Waals surface area contributed by atoms with E-state index in [1.54, 1.807) is 25.3 Å². The van der Waals surface area contributed by atoms with Gasteiger partial charge in [0.25, 0.3) is 0 Å². The van der Waals surface area contributed by atoms with Crippen LogP contribution < -0.4 is 10.1 Å². The Labute approximate surface area is 143 Å². The lowest BCUT2D eigenvalue weighted by molar-refractivity contribution is -0.120. The van der Waals surface area contributed by atoms with Crippen LogP contribution in [0, 0.1) is 5.92 Å². The number of amides is 1. The van der Waals surface area contributed by atoms with Crippen LogP contribution in [0.15, 0.2) is 18.2 Å². The van der Waals surface area contributed by atoms with Gasteiger partial charge < -0.3 is 14.8 Å². The van der Waals surface area contributed by atoms with Gasteiger partial charge in [-0.1, -0.05) is 31.4 Å². The molecule has 0 heterocycles. The molecular formula is C18H26ClNO3. The van der Waals surface area contributed by atoms with Crippen LogP contribution in [0.1, 0.15) is 38.2 Å². The molecule has 1 saturated carbocycles. The maximum atomic E-state index is 12.0. The van der Waals surface area contributed by atoms with Gasteiger partial charge in [-0.3, -0.25) is 4.79 Å². The maximum absolute atomic E-state index is 12.0. The van der Waals surface area contributed by atoms with Gasteiger partial charge in [-0.15, -0.1) is 0 Å². The van der Waals surface area contributed by atoms with Crippen molar-refractivity contribution in [3.05, 3.63) is 28.8 Å². The minimum Gasteiger partial charge on any atom is -0.496 e. The van der Waals surface area contributed by atoms with Crippen molar-refractivity contribution >= 4 is 17.5 Å². The minimum absolute atomic E-state index is 0.0501. The molecule has 1 aromatic rings. The lowest BCUT2D eigenvalue weighted by Gasteiger charge is -2.28. The van der Waals surface area contributed by atoms with Gasteiger partial charge in [-0.2, -0.15) is 0 Å². The normalized spacial score (nSPS) is 21.0. The van der Waals surface area contributed by atoms with Crippen molar-refractivity contribution in [2.75, 3.05) is 20.3 Å². The van der Waals surface area contributed by atoms with Gasteiger partial charge >= 0.3 is 0 Å². The molecule has 1 amide bonds. The highest BCUT2D eigenvalue weighted by molar-refractivity contribution is 6.30. The number of hydrogen-bond donors (Lipinski definition) is 1. The second kappa shape index (κ2) is 9.14. The minimum atomic E-state index is -0.0501. The van der Waals surface area contributed by atoms with Gasteiger partial charge in [0, 0.05) is 17.1 Å². The third-order valence-electron chi connectivity index (χ3n) is 4.38. The first kappa shape index (κ1) is 18.1. The van der Waals surface area contributed by atoms with E-state index in [1.807, 2.05) is 0 Å². The fourth-order valence-corrected chi connectivity index (χ4v) is 3.25. The van der Waals surface area contributed by atoms with Gasteiger partial charge in [0.2, 0.25) is 5.91 Å². The molecule has 1 fully saturated rings. The zero-order chi connectivity index (χ0) is 16.7. The first-order valence-electron chi connectivity index (χ1n) is 8.31. The molecule has 0 spiro atoms. The van der Waals surface area contributed by atoms with Crippen molar-refractivity contribution in [1.82, 2.24) is 5.32 Å². The summed E-state index contributed by atoms with van der Waals surface area (Å²) < 4.78 is 11.2. The molecule has 0 aromatic heterocycles. The zero-order valence-corrected chi connectivity index (χ0v) is 14.7. The number of benzene rings is 1. The number of carbonyl (C=O) groups is 1. The van der Waals surface area contributed by atoms with E-state index in [2.05, 4.69) is 12.2 Å². The van der Waals surface area contributed by atoms with Gasteiger partial charge in [0.05, 0.1) is 26.2 Å². The van der Waals surface area contributed by atoms with Gasteiger partial charge in [0.1, 0.15) is 5.75 Å². The van der Waals surface area contributed by atoms with Crippen molar-refractivity contribution in [3.8, 4) is 5.75 Å². The quantitative estimate of drug-likeness (QED) is 0.772. The smallest absolute Gasteiger partial charge is 0.224 e. The molecular weight excluding hydrogens is 314 g/mol. The monoisotopic (exact) mass is 339 g/mol. The van der Waals surface area contributed by atoms with E-state index in [-0.39, 0.29) is 12.3 Å². The highest BCUT2D eigenvalue weighted by Gasteiger charge is 2.21. The van der Waals surface area contributed by atoms with Crippen LogP contribution in [0.25, 0.3) is 0 Å². The van der Waals surface area contributed by atoms with E-state index in [0.29, 0.717) is 35.9 Å². The SMILES string of the molecule is COc1ccc(Cl)cc1CC(=O)NCCOC1CCCCC1C. The van der Waals surface area contributed by atoms with E-state index < -0.39 is 0 Å². The average molecular weight is 340 g/mol. The first-order chi connectivity index (χ1) is 11.1. The van der Waals surface area contributed by atoms with E-state index in [9.17, 15) is 4.79 Å². The van der Waals surface area contributed by atoms with Crippen LogP contribution in [-0.2, 0) is 16.0 Å². The summed E-state index contributed by atoms with van der Waals surface area (Å²) in [5.41, 5.74) is 0.791. The van der Waals surface area contributed by atoms with Crippen molar-refractivity contribution in [2.24, 2.45) is 5.92 Å².